The topological polar surface area (TPSA) is 25.8 Å². The van der Waals surface area contributed by atoms with Crippen LogP contribution in [-0.4, -0.2) is 9.97 Å². The lowest BCUT2D eigenvalue weighted by Gasteiger charge is -2.16. The zero-order chi connectivity index (χ0) is 14.5. The van der Waals surface area contributed by atoms with Gasteiger partial charge in [-0.2, -0.15) is 0 Å². The molecule has 0 N–H and O–H groups in total. The van der Waals surface area contributed by atoms with E-state index >= 15 is 0 Å². The van der Waals surface area contributed by atoms with E-state index in [2.05, 4.69) is 58.5 Å². The molecular formula is C18H16N2S. The molecule has 0 aliphatic rings. The molecule has 3 rings (SSSR count). The summed E-state index contributed by atoms with van der Waals surface area (Å²) in [6.45, 7) is 1.99. The highest BCUT2D eigenvalue weighted by Gasteiger charge is 2.16. The van der Waals surface area contributed by atoms with Crippen molar-refractivity contribution in [1.82, 2.24) is 9.97 Å². The minimum Gasteiger partial charge on any atom is -0.231 e. The van der Waals surface area contributed by atoms with Gasteiger partial charge in [0, 0.05) is 11.9 Å². The van der Waals surface area contributed by atoms with Gasteiger partial charge in [0.15, 0.2) is 5.16 Å². The molecule has 3 aromatic rings. The van der Waals surface area contributed by atoms with E-state index in [1.165, 1.54) is 11.1 Å². The smallest absolute Gasteiger partial charge is 0.188 e. The van der Waals surface area contributed by atoms with E-state index in [0.717, 1.165) is 10.9 Å². The van der Waals surface area contributed by atoms with Crippen molar-refractivity contribution < 1.29 is 0 Å². The molecule has 0 atom stereocenters. The van der Waals surface area contributed by atoms with Gasteiger partial charge in [-0.25, -0.2) is 9.97 Å². The number of aryl methyl sites for hydroxylation is 1. The van der Waals surface area contributed by atoms with E-state index in [1.807, 2.05) is 31.3 Å². The lowest BCUT2D eigenvalue weighted by Crippen LogP contribution is -1.99. The van der Waals surface area contributed by atoms with Crippen molar-refractivity contribution in [3.63, 3.8) is 0 Å². The molecule has 0 saturated heterocycles. The Morgan fingerprint density at radius 2 is 1.38 bits per heavy atom. The van der Waals surface area contributed by atoms with Crippen LogP contribution in [0.5, 0.6) is 0 Å². The van der Waals surface area contributed by atoms with Crippen molar-refractivity contribution in [2.45, 2.75) is 17.3 Å². The van der Waals surface area contributed by atoms with E-state index < -0.39 is 0 Å². The van der Waals surface area contributed by atoms with Crippen molar-refractivity contribution >= 4 is 11.8 Å². The van der Waals surface area contributed by atoms with E-state index in [1.54, 1.807) is 11.8 Å². The molecule has 2 nitrogen and oxygen atoms in total. The summed E-state index contributed by atoms with van der Waals surface area (Å²) in [6, 6.07) is 22.9. The highest BCUT2D eigenvalue weighted by Crippen LogP contribution is 2.38. The van der Waals surface area contributed by atoms with Crippen LogP contribution in [0.1, 0.15) is 22.1 Å². The van der Waals surface area contributed by atoms with Crippen LogP contribution in [0, 0.1) is 6.92 Å². The summed E-state index contributed by atoms with van der Waals surface area (Å²) < 4.78 is 0. The molecular weight excluding hydrogens is 276 g/mol. The molecule has 0 unspecified atom stereocenters. The van der Waals surface area contributed by atoms with E-state index in [4.69, 9.17) is 0 Å². The monoisotopic (exact) mass is 292 g/mol. The molecule has 3 heteroatoms. The zero-order valence-electron chi connectivity index (χ0n) is 11.8. The van der Waals surface area contributed by atoms with E-state index in [-0.39, 0.29) is 5.25 Å². The van der Waals surface area contributed by atoms with Crippen molar-refractivity contribution in [1.29, 1.82) is 0 Å². The van der Waals surface area contributed by atoms with Gasteiger partial charge in [0.05, 0.1) is 5.25 Å². The Balaban J connectivity index is 1.97. The third-order valence-electron chi connectivity index (χ3n) is 3.20. The number of hydrogen-bond donors (Lipinski definition) is 0. The molecule has 2 aromatic carbocycles. The normalized spacial score (nSPS) is 10.8. The summed E-state index contributed by atoms with van der Waals surface area (Å²) in [4.78, 5) is 8.90. The Morgan fingerprint density at radius 3 is 1.90 bits per heavy atom. The predicted molar refractivity (Wildman–Crippen MR) is 87.4 cm³/mol. The molecule has 1 heterocycles. The lowest BCUT2D eigenvalue weighted by atomic mass is 10.0. The molecule has 0 bridgehead atoms. The summed E-state index contributed by atoms with van der Waals surface area (Å²) in [6.07, 6.45) is 1.82. The van der Waals surface area contributed by atoms with E-state index in [0.29, 0.717) is 0 Å². The van der Waals surface area contributed by atoms with Gasteiger partial charge >= 0.3 is 0 Å². The Hall–Kier alpha value is -2.13. The minimum atomic E-state index is 0.203. The van der Waals surface area contributed by atoms with Crippen LogP contribution in [0.15, 0.2) is 78.1 Å². The van der Waals surface area contributed by atoms with Gasteiger partial charge in [0.2, 0.25) is 0 Å². The Morgan fingerprint density at radius 1 is 0.810 bits per heavy atom. The van der Waals surface area contributed by atoms with Crippen LogP contribution < -0.4 is 0 Å². The second-order valence-corrected chi connectivity index (χ2v) is 5.87. The zero-order valence-corrected chi connectivity index (χ0v) is 12.6. The second-order valence-electron chi connectivity index (χ2n) is 4.80. The fourth-order valence-corrected chi connectivity index (χ4v) is 3.29. The number of hydrogen-bond acceptors (Lipinski definition) is 3. The molecule has 0 aliphatic carbocycles. The standard InChI is InChI=1S/C18H16N2S/c1-14-12-13-19-18(20-14)21-17(15-8-4-2-5-9-15)16-10-6-3-7-11-16/h2-13,17H,1H3. The van der Waals surface area contributed by atoms with Crippen LogP contribution in [0.3, 0.4) is 0 Å². The van der Waals surface area contributed by atoms with E-state index in [9.17, 15) is 0 Å². The van der Waals surface area contributed by atoms with Crippen LogP contribution in [-0.2, 0) is 0 Å². The van der Waals surface area contributed by atoms with Crippen molar-refractivity contribution in [3.8, 4) is 0 Å². The van der Waals surface area contributed by atoms with Crippen LogP contribution in [0.4, 0.5) is 0 Å². The van der Waals surface area contributed by atoms with Gasteiger partial charge in [0.1, 0.15) is 0 Å². The number of thioether (sulfide) groups is 1. The van der Waals surface area contributed by atoms with Gasteiger partial charge in [-0.1, -0.05) is 72.4 Å². The predicted octanol–water partition coefficient (Wildman–Crippen LogP) is 4.67. The average Bonchev–Trinajstić information content (AvgIpc) is 2.54. The lowest BCUT2D eigenvalue weighted by molar-refractivity contribution is 0.926. The van der Waals surface area contributed by atoms with Crippen molar-refractivity contribution in [2.75, 3.05) is 0 Å². The summed E-state index contributed by atoms with van der Waals surface area (Å²) in [5.74, 6) is 0. The molecule has 104 valence electrons. The fourth-order valence-electron chi connectivity index (χ4n) is 2.17. The first kappa shape index (κ1) is 13.8. The van der Waals surface area contributed by atoms with Gasteiger partial charge in [-0.15, -0.1) is 0 Å². The molecule has 0 radical (unpaired) electrons. The van der Waals surface area contributed by atoms with Gasteiger partial charge in [0.25, 0.3) is 0 Å². The quantitative estimate of drug-likeness (QED) is 0.516. The van der Waals surface area contributed by atoms with Crippen molar-refractivity contribution in [2.24, 2.45) is 0 Å². The highest BCUT2D eigenvalue weighted by molar-refractivity contribution is 7.99. The van der Waals surface area contributed by atoms with Crippen LogP contribution in [0.2, 0.25) is 0 Å². The maximum atomic E-state index is 4.52. The van der Waals surface area contributed by atoms with Gasteiger partial charge < -0.3 is 0 Å². The summed E-state index contributed by atoms with van der Waals surface area (Å²) >= 11 is 1.69. The second kappa shape index (κ2) is 6.55. The Kier molecular flexibility index (Phi) is 4.31. The number of rotatable bonds is 4. The number of nitrogens with zero attached hydrogens (tertiary/aromatic N) is 2. The first-order valence-electron chi connectivity index (χ1n) is 6.89. The molecule has 1 aromatic heterocycles. The summed E-state index contributed by atoms with van der Waals surface area (Å²) in [7, 11) is 0. The first-order valence-corrected chi connectivity index (χ1v) is 7.77. The molecule has 21 heavy (non-hydrogen) atoms. The Bertz CT molecular complexity index is 659. The highest BCUT2D eigenvalue weighted by atomic mass is 32.2. The SMILES string of the molecule is Cc1ccnc(SC(c2ccccc2)c2ccccc2)n1. The molecule has 0 saturated carbocycles. The third kappa shape index (κ3) is 3.50. The maximum Gasteiger partial charge on any atom is 0.188 e. The molecule has 0 aliphatic heterocycles. The minimum absolute atomic E-state index is 0.203. The largest absolute Gasteiger partial charge is 0.231 e. The molecule has 0 amide bonds. The fraction of sp³-hybridized carbons (Fsp3) is 0.111. The number of benzene rings is 2. The van der Waals surface area contributed by atoms with Crippen LogP contribution >= 0.6 is 11.8 Å². The maximum absolute atomic E-state index is 4.52. The van der Waals surface area contributed by atoms with Gasteiger partial charge in [-0.3, -0.25) is 0 Å². The Labute approximate surface area is 129 Å². The molecule has 0 fully saturated rings. The summed E-state index contributed by atoms with van der Waals surface area (Å²) in [5, 5.41) is 1.02. The van der Waals surface area contributed by atoms with Gasteiger partial charge in [-0.05, 0) is 24.1 Å². The van der Waals surface area contributed by atoms with Crippen molar-refractivity contribution in [3.05, 3.63) is 89.7 Å². The average molecular weight is 292 g/mol. The first-order chi connectivity index (χ1) is 10.3. The summed E-state index contributed by atoms with van der Waals surface area (Å²) in [5.41, 5.74) is 3.52. The van der Waals surface area contributed by atoms with Crippen LogP contribution in [0.25, 0.3) is 0 Å². The molecule has 0 spiro atoms. The number of aromatic nitrogens is 2. The third-order valence-corrected chi connectivity index (χ3v) is 4.39.